The van der Waals surface area contributed by atoms with Crippen LogP contribution in [0.1, 0.15) is 19.3 Å². The van der Waals surface area contributed by atoms with Crippen molar-refractivity contribution in [3.63, 3.8) is 0 Å². The second-order valence-electron chi connectivity index (χ2n) is 6.78. The summed E-state index contributed by atoms with van der Waals surface area (Å²) in [5.74, 6) is 0.854. The molecule has 0 N–H and O–H groups in total. The Morgan fingerprint density at radius 3 is 2.67 bits per heavy atom. The Bertz CT molecular complexity index is 862. The maximum atomic E-state index is 11.9. The third-order valence-electron chi connectivity index (χ3n) is 5.13. The summed E-state index contributed by atoms with van der Waals surface area (Å²) in [5.41, 5.74) is 0.789. The van der Waals surface area contributed by atoms with Gasteiger partial charge >= 0.3 is 0 Å². The van der Waals surface area contributed by atoms with Crippen LogP contribution >= 0.6 is 0 Å². The summed E-state index contributed by atoms with van der Waals surface area (Å²) in [6, 6.07) is 5.68. The Balaban J connectivity index is 1.68. The summed E-state index contributed by atoms with van der Waals surface area (Å²) in [4.78, 5) is 13.9. The monoisotopic (exact) mass is 346 g/mol. The van der Waals surface area contributed by atoms with Crippen molar-refractivity contribution >= 4 is 26.6 Å². The smallest absolute Gasteiger partial charge is 0.175 e. The number of anilines is 1. The molecule has 0 radical (unpaired) electrons. The van der Waals surface area contributed by atoms with Gasteiger partial charge in [0, 0.05) is 30.8 Å². The molecule has 1 aromatic carbocycles. The molecule has 2 aliphatic heterocycles. The standard InChI is InChI=1S/C17H22N4O2S/c1-24(22,23)14-4-5-16-15(10-14)17(19-12-18-16)21-9-6-13(11-21)20-7-2-3-8-20/h4-5,10,12-13H,2-3,6-9,11H2,1H3. The van der Waals surface area contributed by atoms with Crippen LogP contribution < -0.4 is 4.90 Å². The quantitative estimate of drug-likeness (QED) is 0.843. The van der Waals surface area contributed by atoms with Crippen molar-refractivity contribution in [3.05, 3.63) is 24.5 Å². The van der Waals surface area contributed by atoms with Crippen molar-refractivity contribution in [2.75, 3.05) is 37.3 Å². The minimum atomic E-state index is -3.24. The van der Waals surface area contributed by atoms with Gasteiger partial charge in [-0.2, -0.15) is 0 Å². The average Bonchev–Trinajstić information content (AvgIpc) is 3.24. The molecule has 1 atom stereocenters. The molecule has 2 fully saturated rings. The van der Waals surface area contributed by atoms with E-state index in [0.29, 0.717) is 10.9 Å². The highest BCUT2D eigenvalue weighted by Crippen LogP contribution is 2.30. The minimum Gasteiger partial charge on any atom is -0.354 e. The number of aromatic nitrogens is 2. The van der Waals surface area contributed by atoms with Crippen LogP contribution in [0.15, 0.2) is 29.4 Å². The van der Waals surface area contributed by atoms with Gasteiger partial charge in [-0.05, 0) is 50.6 Å². The van der Waals surface area contributed by atoms with E-state index < -0.39 is 9.84 Å². The first-order chi connectivity index (χ1) is 11.5. The Kier molecular flexibility index (Phi) is 3.92. The fourth-order valence-corrected chi connectivity index (χ4v) is 4.49. The zero-order chi connectivity index (χ0) is 16.7. The maximum absolute atomic E-state index is 11.9. The van der Waals surface area contributed by atoms with E-state index in [4.69, 9.17) is 0 Å². The van der Waals surface area contributed by atoms with Crippen molar-refractivity contribution in [1.29, 1.82) is 0 Å². The minimum absolute atomic E-state index is 0.321. The first-order valence-corrected chi connectivity index (χ1v) is 10.4. The van der Waals surface area contributed by atoms with E-state index in [2.05, 4.69) is 19.8 Å². The molecule has 0 spiro atoms. The van der Waals surface area contributed by atoms with Crippen molar-refractivity contribution in [2.45, 2.75) is 30.2 Å². The van der Waals surface area contributed by atoms with Crippen LogP contribution in [0.4, 0.5) is 5.82 Å². The normalized spacial score (nSPS) is 22.5. The third kappa shape index (κ3) is 2.86. The van der Waals surface area contributed by atoms with Gasteiger partial charge in [0.05, 0.1) is 10.4 Å². The molecular weight excluding hydrogens is 324 g/mol. The van der Waals surface area contributed by atoms with Crippen LogP contribution in [0.3, 0.4) is 0 Å². The SMILES string of the molecule is CS(=O)(=O)c1ccc2ncnc(N3CCC(N4CCCC4)C3)c2c1. The Morgan fingerprint density at radius 1 is 1.12 bits per heavy atom. The maximum Gasteiger partial charge on any atom is 0.175 e. The van der Waals surface area contributed by atoms with Crippen LogP contribution in [0.5, 0.6) is 0 Å². The summed E-state index contributed by atoms with van der Waals surface area (Å²) < 4.78 is 23.7. The molecule has 0 amide bonds. The number of likely N-dealkylation sites (tertiary alicyclic amines) is 1. The summed E-state index contributed by atoms with van der Waals surface area (Å²) >= 11 is 0. The molecule has 24 heavy (non-hydrogen) atoms. The fourth-order valence-electron chi connectivity index (χ4n) is 3.84. The number of rotatable bonds is 3. The first-order valence-electron chi connectivity index (χ1n) is 8.46. The van der Waals surface area contributed by atoms with Crippen LogP contribution in [0.2, 0.25) is 0 Å². The summed E-state index contributed by atoms with van der Waals surface area (Å²) in [7, 11) is -3.24. The number of sulfone groups is 1. The van der Waals surface area contributed by atoms with E-state index in [1.165, 1.54) is 32.2 Å². The molecule has 2 saturated heterocycles. The van der Waals surface area contributed by atoms with E-state index in [1.807, 2.05) is 0 Å². The molecule has 2 aliphatic rings. The molecule has 0 bridgehead atoms. The molecule has 0 aliphatic carbocycles. The van der Waals surface area contributed by atoms with Crippen molar-refractivity contribution < 1.29 is 8.42 Å². The van der Waals surface area contributed by atoms with Crippen molar-refractivity contribution in [3.8, 4) is 0 Å². The van der Waals surface area contributed by atoms with Gasteiger partial charge in [-0.1, -0.05) is 0 Å². The number of benzene rings is 1. The summed E-state index contributed by atoms with van der Waals surface area (Å²) in [5, 5.41) is 0.822. The van der Waals surface area contributed by atoms with Gasteiger partial charge in [-0.25, -0.2) is 18.4 Å². The lowest BCUT2D eigenvalue weighted by atomic mass is 10.2. The van der Waals surface area contributed by atoms with Gasteiger partial charge in [0.15, 0.2) is 9.84 Å². The topological polar surface area (TPSA) is 66.4 Å². The second-order valence-corrected chi connectivity index (χ2v) is 8.80. The number of hydrogen-bond acceptors (Lipinski definition) is 6. The highest BCUT2D eigenvalue weighted by molar-refractivity contribution is 7.90. The van der Waals surface area contributed by atoms with E-state index >= 15 is 0 Å². The van der Waals surface area contributed by atoms with Crippen molar-refractivity contribution in [1.82, 2.24) is 14.9 Å². The molecule has 7 heteroatoms. The van der Waals surface area contributed by atoms with Crippen LogP contribution in [-0.4, -0.2) is 61.8 Å². The summed E-state index contributed by atoms with van der Waals surface area (Å²) in [6.45, 7) is 4.30. The van der Waals surface area contributed by atoms with Gasteiger partial charge in [0.1, 0.15) is 12.1 Å². The highest BCUT2D eigenvalue weighted by Gasteiger charge is 2.30. The molecule has 1 aromatic heterocycles. The van der Waals surface area contributed by atoms with Crippen molar-refractivity contribution in [2.24, 2.45) is 0 Å². The van der Waals surface area contributed by atoms with Gasteiger partial charge < -0.3 is 4.90 Å². The molecule has 1 unspecified atom stereocenters. The number of nitrogens with zero attached hydrogens (tertiary/aromatic N) is 4. The second kappa shape index (κ2) is 5.97. The average molecular weight is 346 g/mol. The lowest BCUT2D eigenvalue weighted by molar-refractivity contribution is 0.260. The highest BCUT2D eigenvalue weighted by atomic mass is 32.2. The van der Waals surface area contributed by atoms with Crippen LogP contribution in [0, 0.1) is 0 Å². The van der Waals surface area contributed by atoms with E-state index in [-0.39, 0.29) is 0 Å². The third-order valence-corrected chi connectivity index (χ3v) is 6.24. The van der Waals surface area contributed by atoms with Crippen LogP contribution in [0.25, 0.3) is 10.9 Å². The van der Waals surface area contributed by atoms with Crippen LogP contribution in [-0.2, 0) is 9.84 Å². The van der Waals surface area contributed by atoms with Gasteiger partial charge in [0.2, 0.25) is 0 Å². The molecule has 128 valence electrons. The predicted octanol–water partition coefficient (Wildman–Crippen LogP) is 1.71. The molecular formula is C17H22N4O2S. The largest absolute Gasteiger partial charge is 0.354 e. The zero-order valence-electron chi connectivity index (χ0n) is 13.9. The number of hydrogen-bond donors (Lipinski definition) is 0. The lowest BCUT2D eigenvalue weighted by Crippen LogP contribution is -2.35. The number of fused-ring (bicyclic) bond motifs is 1. The molecule has 3 heterocycles. The van der Waals surface area contributed by atoms with Gasteiger partial charge in [-0.3, -0.25) is 4.90 Å². The van der Waals surface area contributed by atoms with E-state index in [9.17, 15) is 8.42 Å². The van der Waals surface area contributed by atoms with E-state index in [1.54, 1.807) is 24.5 Å². The Labute approximate surface area is 142 Å². The molecule has 4 rings (SSSR count). The van der Waals surface area contributed by atoms with Gasteiger partial charge in [0.25, 0.3) is 0 Å². The fraction of sp³-hybridized carbons (Fsp3) is 0.529. The Morgan fingerprint density at radius 2 is 1.92 bits per heavy atom. The lowest BCUT2D eigenvalue weighted by Gasteiger charge is -2.24. The summed E-state index contributed by atoms with van der Waals surface area (Å²) in [6.07, 6.45) is 6.53. The first kappa shape index (κ1) is 15.8. The van der Waals surface area contributed by atoms with Gasteiger partial charge in [-0.15, -0.1) is 0 Å². The molecule has 2 aromatic rings. The predicted molar refractivity (Wildman–Crippen MR) is 94.1 cm³/mol. The van der Waals surface area contributed by atoms with E-state index in [0.717, 1.165) is 36.2 Å². The molecule has 0 saturated carbocycles. The Hall–Kier alpha value is -1.73. The zero-order valence-corrected chi connectivity index (χ0v) is 14.7. The molecule has 6 nitrogen and oxygen atoms in total.